The molecule has 21 heavy (non-hydrogen) atoms. The third-order valence-electron chi connectivity index (χ3n) is 3.25. The minimum atomic E-state index is -0.159. The van der Waals surface area contributed by atoms with Gasteiger partial charge < -0.3 is 9.84 Å². The Kier molecular flexibility index (Phi) is 3.66. The second kappa shape index (κ2) is 5.76. The lowest BCUT2D eigenvalue weighted by Gasteiger charge is -2.08. The van der Waals surface area contributed by atoms with Crippen molar-refractivity contribution >= 4 is 0 Å². The summed E-state index contributed by atoms with van der Waals surface area (Å²) in [6.07, 6.45) is 0. The van der Waals surface area contributed by atoms with Crippen LogP contribution in [-0.4, -0.2) is 27.2 Å². The van der Waals surface area contributed by atoms with E-state index in [2.05, 4.69) is 10.3 Å². The smallest absolute Gasteiger partial charge is 0.118 e. The molecule has 2 aromatic carbocycles. The number of nitrogens with zero attached hydrogens (tertiary/aromatic N) is 3. The molecule has 1 N–H and O–H groups in total. The maximum atomic E-state index is 9.50. The molecule has 5 nitrogen and oxygen atoms in total. The molecule has 106 valence electrons. The van der Waals surface area contributed by atoms with Crippen LogP contribution in [0.2, 0.25) is 0 Å². The maximum Gasteiger partial charge on any atom is 0.118 e. The first-order chi connectivity index (χ1) is 10.3. The van der Waals surface area contributed by atoms with Crippen molar-refractivity contribution < 1.29 is 9.84 Å². The molecule has 1 heterocycles. The zero-order chi connectivity index (χ0) is 14.7. The first-order valence-corrected chi connectivity index (χ1v) is 6.59. The Bertz CT molecular complexity index is 721. The molecule has 0 atom stereocenters. The van der Waals surface area contributed by atoms with Gasteiger partial charge in [0.2, 0.25) is 0 Å². The molecule has 0 unspecified atom stereocenters. The van der Waals surface area contributed by atoms with Crippen LogP contribution >= 0.6 is 0 Å². The maximum absolute atomic E-state index is 9.50. The van der Waals surface area contributed by atoms with Crippen molar-refractivity contribution in [1.82, 2.24) is 15.0 Å². The Morgan fingerprint density at radius 2 is 1.76 bits per heavy atom. The van der Waals surface area contributed by atoms with Gasteiger partial charge in [-0.15, -0.1) is 5.10 Å². The van der Waals surface area contributed by atoms with E-state index in [1.165, 1.54) is 0 Å². The van der Waals surface area contributed by atoms with Crippen molar-refractivity contribution in [3.05, 3.63) is 60.3 Å². The highest BCUT2D eigenvalue weighted by Crippen LogP contribution is 2.27. The Labute approximate surface area is 122 Å². The van der Waals surface area contributed by atoms with Crippen molar-refractivity contribution in [2.45, 2.75) is 6.61 Å². The minimum Gasteiger partial charge on any atom is -0.497 e. The standard InChI is InChI=1S/C16H15N3O2/c1-21-14-9-7-12(8-10-14)16-15(11-20)17-18-19(16)13-5-3-2-4-6-13/h2-10,20H,11H2,1H3. The minimum absolute atomic E-state index is 0.159. The fourth-order valence-electron chi connectivity index (χ4n) is 2.21. The number of hydrogen-bond donors (Lipinski definition) is 1. The molecule has 0 aliphatic heterocycles. The molecule has 1 aromatic heterocycles. The number of aliphatic hydroxyl groups excluding tert-OH is 1. The van der Waals surface area contributed by atoms with Gasteiger partial charge in [0.25, 0.3) is 0 Å². The summed E-state index contributed by atoms with van der Waals surface area (Å²) in [7, 11) is 1.63. The molecule has 3 rings (SSSR count). The number of benzene rings is 2. The Morgan fingerprint density at radius 1 is 1.05 bits per heavy atom. The Balaban J connectivity index is 2.13. The summed E-state index contributed by atoms with van der Waals surface area (Å²) in [6.45, 7) is -0.159. The van der Waals surface area contributed by atoms with Gasteiger partial charge in [0.05, 0.1) is 19.4 Å². The predicted octanol–water partition coefficient (Wildman–Crippen LogP) is 2.44. The van der Waals surface area contributed by atoms with E-state index >= 15 is 0 Å². The molecular formula is C16H15N3O2. The summed E-state index contributed by atoms with van der Waals surface area (Å²) in [5.74, 6) is 0.781. The van der Waals surface area contributed by atoms with Gasteiger partial charge in [-0.25, -0.2) is 4.68 Å². The van der Waals surface area contributed by atoms with Gasteiger partial charge in [-0.2, -0.15) is 0 Å². The van der Waals surface area contributed by atoms with Crippen molar-refractivity contribution in [2.75, 3.05) is 7.11 Å². The zero-order valence-electron chi connectivity index (χ0n) is 11.6. The van der Waals surface area contributed by atoms with E-state index in [4.69, 9.17) is 4.74 Å². The highest BCUT2D eigenvalue weighted by molar-refractivity contribution is 5.65. The van der Waals surface area contributed by atoms with Crippen LogP contribution < -0.4 is 4.74 Å². The van der Waals surface area contributed by atoms with Gasteiger partial charge in [0.15, 0.2) is 0 Å². The molecule has 0 spiro atoms. The summed E-state index contributed by atoms with van der Waals surface area (Å²) in [6, 6.07) is 17.3. The quantitative estimate of drug-likeness (QED) is 0.798. The van der Waals surface area contributed by atoms with Gasteiger partial charge >= 0.3 is 0 Å². The average molecular weight is 281 g/mol. The summed E-state index contributed by atoms with van der Waals surface area (Å²) < 4.78 is 6.90. The highest BCUT2D eigenvalue weighted by atomic mass is 16.5. The number of rotatable bonds is 4. The van der Waals surface area contributed by atoms with E-state index in [0.717, 1.165) is 22.7 Å². The second-order valence-corrected chi connectivity index (χ2v) is 4.52. The lowest BCUT2D eigenvalue weighted by molar-refractivity contribution is 0.277. The number of hydrogen-bond acceptors (Lipinski definition) is 4. The van der Waals surface area contributed by atoms with Gasteiger partial charge in [-0.1, -0.05) is 23.4 Å². The number of methoxy groups -OCH3 is 1. The summed E-state index contributed by atoms with van der Waals surface area (Å²) >= 11 is 0. The third kappa shape index (κ3) is 2.51. The average Bonchev–Trinajstić information content (AvgIpc) is 2.99. The molecule has 0 saturated carbocycles. The van der Waals surface area contributed by atoms with Crippen molar-refractivity contribution in [3.8, 4) is 22.7 Å². The van der Waals surface area contributed by atoms with Crippen molar-refractivity contribution in [2.24, 2.45) is 0 Å². The molecule has 0 radical (unpaired) electrons. The topological polar surface area (TPSA) is 60.2 Å². The first kappa shape index (κ1) is 13.3. The fraction of sp³-hybridized carbons (Fsp3) is 0.125. The van der Waals surface area contributed by atoms with Crippen LogP contribution in [-0.2, 0) is 6.61 Å². The molecule has 0 aliphatic rings. The molecule has 5 heteroatoms. The van der Waals surface area contributed by atoms with Crippen molar-refractivity contribution in [3.63, 3.8) is 0 Å². The highest BCUT2D eigenvalue weighted by Gasteiger charge is 2.15. The zero-order valence-corrected chi connectivity index (χ0v) is 11.6. The number of ether oxygens (including phenoxy) is 1. The molecular weight excluding hydrogens is 266 g/mol. The summed E-state index contributed by atoms with van der Waals surface area (Å²) in [4.78, 5) is 0. The van der Waals surface area contributed by atoms with E-state index in [-0.39, 0.29) is 6.61 Å². The normalized spacial score (nSPS) is 10.6. The number of aromatic nitrogens is 3. The third-order valence-corrected chi connectivity index (χ3v) is 3.25. The molecule has 0 aliphatic carbocycles. The number of aliphatic hydroxyl groups is 1. The molecule has 0 bridgehead atoms. The van der Waals surface area contributed by atoms with Crippen LogP contribution in [0.4, 0.5) is 0 Å². The van der Waals surface area contributed by atoms with Crippen LogP contribution in [0.1, 0.15) is 5.69 Å². The molecule has 0 saturated heterocycles. The van der Waals surface area contributed by atoms with Crippen LogP contribution in [0.3, 0.4) is 0 Å². The van der Waals surface area contributed by atoms with Crippen LogP contribution in [0.5, 0.6) is 5.75 Å². The van der Waals surface area contributed by atoms with Crippen LogP contribution in [0.15, 0.2) is 54.6 Å². The number of para-hydroxylation sites is 1. The van der Waals surface area contributed by atoms with Gasteiger partial charge in [0, 0.05) is 5.56 Å². The monoisotopic (exact) mass is 281 g/mol. The molecule has 0 amide bonds. The predicted molar refractivity (Wildman–Crippen MR) is 79.3 cm³/mol. The SMILES string of the molecule is COc1ccc(-c2c(CO)nnn2-c2ccccc2)cc1. The van der Waals surface area contributed by atoms with Gasteiger partial charge in [0.1, 0.15) is 17.1 Å². The lowest BCUT2D eigenvalue weighted by Crippen LogP contribution is -2.00. The Hall–Kier alpha value is -2.66. The fourth-order valence-corrected chi connectivity index (χ4v) is 2.21. The van der Waals surface area contributed by atoms with E-state index in [0.29, 0.717) is 5.69 Å². The van der Waals surface area contributed by atoms with Crippen LogP contribution in [0.25, 0.3) is 16.9 Å². The second-order valence-electron chi connectivity index (χ2n) is 4.52. The Morgan fingerprint density at radius 3 is 2.38 bits per heavy atom. The van der Waals surface area contributed by atoms with Gasteiger partial charge in [-0.3, -0.25) is 0 Å². The lowest BCUT2D eigenvalue weighted by atomic mass is 10.1. The summed E-state index contributed by atoms with van der Waals surface area (Å²) in [5, 5.41) is 17.7. The van der Waals surface area contributed by atoms with Crippen LogP contribution in [0, 0.1) is 0 Å². The van der Waals surface area contributed by atoms with Gasteiger partial charge in [-0.05, 0) is 36.4 Å². The molecule has 0 fully saturated rings. The summed E-state index contributed by atoms with van der Waals surface area (Å²) in [5.41, 5.74) is 3.15. The van der Waals surface area contributed by atoms with E-state index in [9.17, 15) is 5.11 Å². The largest absolute Gasteiger partial charge is 0.497 e. The molecule has 3 aromatic rings. The first-order valence-electron chi connectivity index (χ1n) is 6.59. The van der Waals surface area contributed by atoms with Crippen molar-refractivity contribution in [1.29, 1.82) is 0 Å². The van der Waals surface area contributed by atoms with E-state index in [1.54, 1.807) is 11.8 Å². The van der Waals surface area contributed by atoms with E-state index in [1.807, 2.05) is 54.6 Å². The van der Waals surface area contributed by atoms with E-state index < -0.39 is 0 Å².